The van der Waals surface area contributed by atoms with Gasteiger partial charge in [-0.25, -0.2) is 4.79 Å². The Morgan fingerprint density at radius 1 is 0.853 bits per heavy atom. The van der Waals surface area contributed by atoms with E-state index >= 15 is 0 Å². The monoisotopic (exact) mass is 453 g/mol. The molecule has 1 aliphatic rings. The van der Waals surface area contributed by atoms with E-state index in [9.17, 15) is 19.2 Å². The van der Waals surface area contributed by atoms with Gasteiger partial charge in [0.2, 0.25) is 0 Å². The quantitative estimate of drug-likeness (QED) is 0.332. The van der Waals surface area contributed by atoms with Gasteiger partial charge in [-0.3, -0.25) is 19.3 Å². The van der Waals surface area contributed by atoms with Crippen LogP contribution in [0, 0.1) is 6.92 Å². The van der Waals surface area contributed by atoms with Crippen LogP contribution in [0.5, 0.6) is 0 Å². The van der Waals surface area contributed by atoms with Crippen LogP contribution in [0.2, 0.25) is 0 Å². The zero-order valence-corrected chi connectivity index (χ0v) is 18.2. The first-order valence-electron chi connectivity index (χ1n) is 10.7. The summed E-state index contributed by atoms with van der Waals surface area (Å²) < 4.78 is 11.4. The minimum atomic E-state index is -0.715. The average Bonchev–Trinajstić information content (AvgIpc) is 3.11. The van der Waals surface area contributed by atoms with Crippen molar-refractivity contribution in [2.75, 3.05) is 13.2 Å². The summed E-state index contributed by atoms with van der Waals surface area (Å²) >= 11 is 0. The molecule has 0 N–H and O–H groups in total. The Bertz CT molecular complexity index is 1480. The highest BCUT2D eigenvalue weighted by atomic mass is 16.5. The van der Waals surface area contributed by atoms with Crippen molar-refractivity contribution in [1.29, 1.82) is 0 Å². The van der Waals surface area contributed by atoms with E-state index in [1.807, 2.05) is 30.3 Å². The van der Waals surface area contributed by atoms with Gasteiger partial charge in [0.15, 0.2) is 11.0 Å². The SMILES string of the molecule is Cc1c(-c2ccccc2)oc2c(C(=O)OCCN3C(=O)c4ccccc4C3=O)cccc2c1=O. The lowest BCUT2D eigenvalue weighted by Crippen LogP contribution is -2.33. The first-order chi connectivity index (χ1) is 16.5. The van der Waals surface area contributed by atoms with E-state index in [4.69, 9.17) is 9.15 Å². The van der Waals surface area contributed by atoms with Crippen LogP contribution in [-0.2, 0) is 4.74 Å². The van der Waals surface area contributed by atoms with Crippen LogP contribution in [-0.4, -0.2) is 35.8 Å². The molecule has 0 aliphatic carbocycles. The highest BCUT2D eigenvalue weighted by molar-refractivity contribution is 6.21. The molecule has 4 aromatic rings. The Morgan fingerprint density at radius 2 is 1.50 bits per heavy atom. The van der Waals surface area contributed by atoms with Crippen molar-refractivity contribution in [3.05, 3.63) is 105 Å². The lowest BCUT2D eigenvalue weighted by Gasteiger charge is -2.14. The molecule has 0 radical (unpaired) electrons. The highest BCUT2D eigenvalue weighted by Crippen LogP contribution is 2.28. The van der Waals surface area contributed by atoms with Crippen LogP contribution >= 0.6 is 0 Å². The van der Waals surface area contributed by atoms with Crippen molar-refractivity contribution in [1.82, 2.24) is 4.90 Å². The van der Waals surface area contributed by atoms with Gasteiger partial charge in [0.25, 0.3) is 11.8 Å². The number of nitrogens with zero attached hydrogens (tertiary/aromatic N) is 1. The number of amides is 2. The Labute approximate surface area is 194 Å². The molecule has 2 amide bonds. The fourth-order valence-electron chi connectivity index (χ4n) is 4.08. The number of ether oxygens (including phenoxy) is 1. The van der Waals surface area contributed by atoms with E-state index in [-0.39, 0.29) is 35.1 Å². The maximum absolute atomic E-state index is 13.0. The molecule has 1 aromatic heterocycles. The smallest absolute Gasteiger partial charge is 0.342 e. The number of fused-ring (bicyclic) bond motifs is 2. The summed E-state index contributed by atoms with van der Waals surface area (Å²) in [6.07, 6.45) is 0. The summed E-state index contributed by atoms with van der Waals surface area (Å²) in [4.78, 5) is 51.9. The molecule has 0 atom stereocenters. The Kier molecular flexibility index (Phi) is 5.30. The Morgan fingerprint density at radius 3 is 2.18 bits per heavy atom. The van der Waals surface area contributed by atoms with Gasteiger partial charge in [0.05, 0.1) is 23.1 Å². The lowest BCUT2D eigenvalue weighted by molar-refractivity contribution is 0.0421. The number of carbonyl (C=O) groups excluding carboxylic acids is 3. The molecule has 0 unspecified atom stereocenters. The summed E-state index contributed by atoms with van der Waals surface area (Å²) in [5.74, 6) is -1.18. The summed E-state index contributed by atoms with van der Waals surface area (Å²) in [5.41, 5.74) is 1.80. The molecule has 0 spiro atoms. The maximum atomic E-state index is 13.0. The molecule has 7 heteroatoms. The third-order valence-corrected chi connectivity index (χ3v) is 5.83. The number of para-hydroxylation sites is 1. The molecule has 34 heavy (non-hydrogen) atoms. The van der Waals surface area contributed by atoms with E-state index in [2.05, 4.69) is 0 Å². The topological polar surface area (TPSA) is 93.9 Å². The van der Waals surface area contributed by atoms with Gasteiger partial charge in [-0.1, -0.05) is 48.5 Å². The van der Waals surface area contributed by atoms with E-state index in [1.165, 1.54) is 6.07 Å². The standard InChI is InChI=1S/C27H19NO6/c1-16-22(29)20-12-7-13-21(24(20)34-23(16)17-8-3-2-4-9-17)27(32)33-15-14-28-25(30)18-10-5-6-11-19(18)26(28)31/h2-13H,14-15H2,1H3. The summed E-state index contributed by atoms with van der Waals surface area (Å²) in [7, 11) is 0. The molecule has 0 fully saturated rings. The van der Waals surface area contributed by atoms with Crippen LogP contribution < -0.4 is 5.43 Å². The molecule has 0 saturated carbocycles. The zero-order valence-electron chi connectivity index (χ0n) is 18.2. The fraction of sp³-hybridized carbons (Fsp3) is 0.111. The third-order valence-electron chi connectivity index (χ3n) is 5.83. The normalized spacial score (nSPS) is 12.8. The molecular weight excluding hydrogens is 434 g/mol. The van der Waals surface area contributed by atoms with Gasteiger partial charge >= 0.3 is 5.97 Å². The van der Waals surface area contributed by atoms with Gasteiger partial charge in [0.1, 0.15) is 17.9 Å². The summed E-state index contributed by atoms with van der Waals surface area (Å²) in [6.45, 7) is 1.41. The molecule has 5 rings (SSSR count). The first kappa shape index (κ1) is 21.3. The predicted octanol–water partition coefficient (Wildman–Crippen LogP) is 4.22. The fourth-order valence-corrected chi connectivity index (χ4v) is 4.08. The van der Waals surface area contributed by atoms with Crippen molar-refractivity contribution >= 4 is 28.8 Å². The molecule has 0 saturated heterocycles. The van der Waals surface area contributed by atoms with Crippen LogP contribution in [0.3, 0.4) is 0 Å². The van der Waals surface area contributed by atoms with E-state index in [0.29, 0.717) is 28.0 Å². The second-order valence-electron chi connectivity index (χ2n) is 7.88. The Balaban J connectivity index is 1.40. The number of imide groups is 1. The molecular formula is C27H19NO6. The van der Waals surface area contributed by atoms with Crippen molar-refractivity contribution in [2.45, 2.75) is 6.92 Å². The summed E-state index contributed by atoms with van der Waals surface area (Å²) in [5, 5.41) is 0.270. The first-order valence-corrected chi connectivity index (χ1v) is 10.7. The highest BCUT2D eigenvalue weighted by Gasteiger charge is 2.35. The Hall–Kier alpha value is -4.52. The van der Waals surface area contributed by atoms with Crippen LogP contribution in [0.25, 0.3) is 22.3 Å². The molecule has 0 bridgehead atoms. The predicted molar refractivity (Wildman–Crippen MR) is 125 cm³/mol. The van der Waals surface area contributed by atoms with Gasteiger partial charge in [-0.05, 0) is 31.2 Å². The van der Waals surface area contributed by atoms with Crippen molar-refractivity contribution in [3.8, 4) is 11.3 Å². The molecule has 7 nitrogen and oxygen atoms in total. The van der Waals surface area contributed by atoms with Crippen LogP contribution in [0.15, 0.2) is 82.0 Å². The third kappa shape index (κ3) is 3.47. The van der Waals surface area contributed by atoms with Crippen LogP contribution in [0.1, 0.15) is 36.6 Å². The van der Waals surface area contributed by atoms with Gasteiger partial charge in [0, 0.05) is 11.1 Å². The van der Waals surface area contributed by atoms with Gasteiger partial charge < -0.3 is 9.15 Å². The number of benzene rings is 3. The second kappa shape index (κ2) is 8.44. The number of carbonyl (C=O) groups is 3. The maximum Gasteiger partial charge on any atom is 0.342 e. The summed E-state index contributed by atoms with van der Waals surface area (Å²) in [6, 6.07) is 20.4. The number of rotatable bonds is 5. The van der Waals surface area contributed by atoms with E-state index in [1.54, 1.807) is 43.3 Å². The second-order valence-corrected chi connectivity index (χ2v) is 7.88. The lowest BCUT2D eigenvalue weighted by atomic mass is 10.0. The zero-order chi connectivity index (χ0) is 23.8. The van der Waals surface area contributed by atoms with Gasteiger partial charge in [-0.2, -0.15) is 0 Å². The van der Waals surface area contributed by atoms with E-state index in [0.717, 1.165) is 4.90 Å². The molecule has 2 heterocycles. The molecule has 168 valence electrons. The van der Waals surface area contributed by atoms with Crippen molar-refractivity contribution in [2.24, 2.45) is 0 Å². The number of hydrogen-bond acceptors (Lipinski definition) is 6. The largest absolute Gasteiger partial charge is 0.460 e. The van der Waals surface area contributed by atoms with Gasteiger partial charge in [-0.15, -0.1) is 0 Å². The number of esters is 1. The number of hydrogen-bond donors (Lipinski definition) is 0. The average molecular weight is 453 g/mol. The minimum absolute atomic E-state index is 0.0822. The van der Waals surface area contributed by atoms with Crippen LogP contribution in [0.4, 0.5) is 0 Å². The molecule has 3 aromatic carbocycles. The van der Waals surface area contributed by atoms with Crippen molar-refractivity contribution in [3.63, 3.8) is 0 Å². The minimum Gasteiger partial charge on any atom is -0.460 e. The van der Waals surface area contributed by atoms with E-state index < -0.39 is 17.8 Å². The molecule has 1 aliphatic heterocycles. The van der Waals surface area contributed by atoms with Crippen molar-refractivity contribution < 1.29 is 23.5 Å².